The molecule has 5 heteroatoms. The topological polar surface area (TPSA) is 44.8 Å². The van der Waals surface area contributed by atoms with Gasteiger partial charge in [-0.05, 0) is 24.6 Å². The predicted octanol–water partition coefficient (Wildman–Crippen LogP) is 4.43. The van der Waals surface area contributed by atoms with E-state index in [1.165, 1.54) is 6.92 Å². The van der Waals surface area contributed by atoms with Crippen LogP contribution in [0.1, 0.15) is 25.8 Å². The van der Waals surface area contributed by atoms with Crippen molar-refractivity contribution in [3.05, 3.63) is 66.2 Å². The molecule has 3 rings (SSSR count). The van der Waals surface area contributed by atoms with Gasteiger partial charge in [0.05, 0.1) is 18.8 Å². The van der Waals surface area contributed by atoms with Gasteiger partial charge in [0.2, 0.25) is 0 Å². The fourth-order valence-electron chi connectivity index (χ4n) is 2.95. The van der Waals surface area contributed by atoms with Crippen molar-refractivity contribution < 1.29 is 19.0 Å². The molecule has 0 radical (unpaired) electrons. The summed E-state index contributed by atoms with van der Waals surface area (Å²) >= 11 is 1.58. The van der Waals surface area contributed by atoms with E-state index in [4.69, 9.17) is 14.2 Å². The lowest BCUT2D eigenvalue weighted by Gasteiger charge is -2.39. The minimum Gasteiger partial charge on any atom is -0.459 e. The molecule has 2 aromatic rings. The van der Waals surface area contributed by atoms with E-state index < -0.39 is 0 Å². The lowest BCUT2D eigenvalue weighted by atomic mass is 10.0. The Morgan fingerprint density at radius 1 is 1.08 bits per heavy atom. The van der Waals surface area contributed by atoms with Crippen LogP contribution < -0.4 is 0 Å². The van der Waals surface area contributed by atoms with E-state index in [1.807, 2.05) is 67.6 Å². The molecule has 0 aliphatic carbocycles. The molecule has 138 valence electrons. The first-order chi connectivity index (χ1) is 12.6. The molecule has 1 aliphatic rings. The Labute approximate surface area is 158 Å². The number of hydrogen-bond acceptors (Lipinski definition) is 5. The molecule has 0 unspecified atom stereocenters. The molecule has 0 spiro atoms. The molecule has 0 saturated carbocycles. The predicted molar refractivity (Wildman–Crippen MR) is 102 cm³/mol. The van der Waals surface area contributed by atoms with Crippen LogP contribution in [0.4, 0.5) is 0 Å². The highest BCUT2D eigenvalue weighted by Crippen LogP contribution is 2.35. The Morgan fingerprint density at radius 3 is 2.38 bits per heavy atom. The smallest absolute Gasteiger partial charge is 0.303 e. The third-order valence-corrected chi connectivity index (χ3v) is 5.45. The van der Waals surface area contributed by atoms with E-state index in [-0.39, 0.29) is 29.7 Å². The van der Waals surface area contributed by atoms with Crippen molar-refractivity contribution >= 4 is 17.7 Å². The average molecular weight is 372 g/mol. The molecule has 1 saturated heterocycles. The van der Waals surface area contributed by atoms with E-state index in [2.05, 4.69) is 0 Å². The molecule has 1 fully saturated rings. The van der Waals surface area contributed by atoms with Crippen LogP contribution in [0, 0.1) is 0 Å². The molecule has 4 atom stereocenters. The number of carbonyl (C=O) groups excluding carboxylic acids is 1. The molecule has 0 bridgehead atoms. The molecule has 0 aromatic heterocycles. The second-order valence-corrected chi connectivity index (χ2v) is 7.53. The van der Waals surface area contributed by atoms with Crippen molar-refractivity contribution in [2.45, 2.75) is 55.5 Å². The molecular formula is C21H24O4S. The van der Waals surface area contributed by atoms with Gasteiger partial charge in [0, 0.05) is 18.2 Å². The highest BCUT2D eigenvalue weighted by atomic mass is 32.2. The van der Waals surface area contributed by atoms with E-state index >= 15 is 0 Å². The third-order valence-electron chi connectivity index (χ3n) is 4.26. The summed E-state index contributed by atoms with van der Waals surface area (Å²) in [5.74, 6) is -0.298. The van der Waals surface area contributed by atoms with Crippen LogP contribution in [0.5, 0.6) is 0 Å². The van der Waals surface area contributed by atoms with Gasteiger partial charge in [-0.3, -0.25) is 4.79 Å². The zero-order chi connectivity index (χ0) is 18.4. The highest BCUT2D eigenvalue weighted by molar-refractivity contribution is 7.99. The average Bonchev–Trinajstić information content (AvgIpc) is 2.64. The van der Waals surface area contributed by atoms with Crippen LogP contribution in [0.25, 0.3) is 0 Å². The van der Waals surface area contributed by atoms with Gasteiger partial charge in [-0.2, -0.15) is 0 Å². The number of thioether (sulfide) groups is 1. The molecular weight excluding hydrogens is 348 g/mol. The molecule has 2 aromatic carbocycles. The maximum Gasteiger partial charge on any atom is 0.303 e. The van der Waals surface area contributed by atoms with Gasteiger partial charge in [-0.15, -0.1) is 0 Å². The summed E-state index contributed by atoms with van der Waals surface area (Å²) in [5.41, 5.74) is 0.873. The monoisotopic (exact) mass is 372 g/mol. The van der Waals surface area contributed by atoms with E-state index in [9.17, 15) is 4.79 Å². The van der Waals surface area contributed by atoms with Crippen molar-refractivity contribution in [1.82, 2.24) is 0 Å². The van der Waals surface area contributed by atoms with Gasteiger partial charge in [0.25, 0.3) is 0 Å². The Kier molecular flexibility index (Phi) is 6.72. The summed E-state index contributed by atoms with van der Waals surface area (Å²) in [4.78, 5) is 12.6. The van der Waals surface area contributed by atoms with Gasteiger partial charge < -0.3 is 14.2 Å². The minimum absolute atomic E-state index is 0.0771. The molecule has 0 N–H and O–H groups in total. The Morgan fingerprint density at radius 2 is 1.73 bits per heavy atom. The number of ether oxygens (including phenoxy) is 3. The standard InChI is InChI=1S/C21H24O4S/c1-15-19(23-14-17-9-5-3-6-10-17)13-20(25-16(2)22)21(24-15)26-18-11-7-4-8-12-18/h3-12,15,19-21H,13-14H2,1-2H3/t15-,19+,20-,21+/m1/s1. The first-order valence-electron chi connectivity index (χ1n) is 8.81. The van der Waals surface area contributed by atoms with Crippen LogP contribution in [0.2, 0.25) is 0 Å². The Balaban J connectivity index is 1.64. The lowest BCUT2D eigenvalue weighted by Crippen LogP contribution is -2.47. The quantitative estimate of drug-likeness (QED) is 0.702. The summed E-state index contributed by atoms with van der Waals surface area (Å²) in [6, 6.07) is 20.0. The van der Waals surface area contributed by atoms with Crippen molar-refractivity contribution in [2.24, 2.45) is 0 Å². The number of rotatable bonds is 6. The maximum atomic E-state index is 11.5. The number of hydrogen-bond donors (Lipinski definition) is 0. The van der Waals surface area contributed by atoms with Crippen molar-refractivity contribution in [3.8, 4) is 0 Å². The molecule has 1 aliphatic heterocycles. The third kappa shape index (κ3) is 5.34. The van der Waals surface area contributed by atoms with Crippen LogP contribution in [-0.2, 0) is 25.6 Å². The van der Waals surface area contributed by atoms with Crippen LogP contribution >= 0.6 is 11.8 Å². The van der Waals surface area contributed by atoms with Crippen molar-refractivity contribution in [1.29, 1.82) is 0 Å². The summed E-state index contributed by atoms with van der Waals surface area (Å²) in [5, 5.41) is 0. The summed E-state index contributed by atoms with van der Waals surface area (Å²) < 4.78 is 17.8. The zero-order valence-electron chi connectivity index (χ0n) is 15.0. The Hall–Kier alpha value is -1.82. The largest absolute Gasteiger partial charge is 0.459 e. The second kappa shape index (κ2) is 9.21. The van der Waals surface area contributed by atoms with E-state index in [0.717, 1.165) is 10.5 Å². The normalized spacial score (nSPS) is 25.6. The van der Waals surface area contributed by atoms with Gasteiger partial charge in [0.15, 0.2) is 0 Å². The first kappa shape index (κ1) is 19.0. The minimum atomic E-state index is -0.338. The van der Waals surface area contributed by atoms with E-state index in [1.54, 1.807) is 11.8 Å². The summed E-state index contributed by atoms with van der Waals surface area (Å²) in [6.45, 7) is 3.96. The lowest BCUT2D eigenvalue weighted by molar-refractivity contribution is -0.180. The van der Waals surface area contributed by atoms with Crippen molar-refractivity contribution in [2.75, 3.05) is 0 Å². The van der Waals surface area contributed by atoms with Crippen LogP contribution in [0.3, 0.4) is 0 Å². The van der Waals surface area contributed by atoms with Gasteiger partial charge in [0.1, 0.15) is 11.5 Å². The number of benzene rings is 2. The van der Waals surface area contributed by atoms with Gasteiger partial charge in [-0.25, -0.2) is 0 Å². The van der Waals surface area contributed by atoms with Crippen LogP contribution in [-0.4, -0.2) is 29.7 Å². The maximum absolute atomic E-state index is 11.5. The second-order valence-electron chi connectivity index (χ2n) is 6.36. The molecule has 0 amide bonds. The molecule has 4 nitrogen and oxygen atoms in total. The van der Waals surface area contributed by atoms with Gasteiger partial charge in [-0.1, -0.05) is 60.3 Å². The fourth-order valence-corrected chi connectivity index (χ4v) is 4.09. The molecule has 26 heavy (non-hydrogen) atoms. The van der Waals surface area contributed by atoms with Crippen LogP contribution in [0.15, 0.2) is 65.6 Å². The number of carbonyl (C=O) groups is 1. The summed E-state index contributed by atoms with van der Waals surface area (Å²) in [7, 11) is 0. The Bertz CT molecular complexity index is 692. The van der Waals surface area contributed by atoms with E-state index in [0.29, 0.717) is 13.0 Å². The fraction of sp³-hybridized carbons (Fsp3) is 0.381. The SMILES string of the molecule is CC(=O)O[C@@H]1C[C@H](OCc2ccccc2)[C@@H](C)O[C@H]1Sc1ccccc1. The molecule has 1 heterocycles. The first-order valence-corrected chi connectivity index (χ1v) is 9.69. The zero-order valence-corrected chi connectivity index (χ0v) is 15.9. The van der Waals surface area contributed by atoms with Gasteiger partial charge >= 0.3 is 5.97 Å². The summed E-state index contributed by atoms with van der Waals surface area (Å²) in [6.07, 6.45) is 0.0894. The highest BCUT2D eigenvalue weighted by Gasteiger charge is 2.39. The van der Waals surface area contributed by atoms with Crippen molar-refractivity contribution in [3.63, 3.8) is 0 Å². The number of esters is 1.